The van der Waals surface area contributed by atoms with Gasteiger partial charge < -0.3 is 51.6 Å². The van der Waals surface area contributed by atoms with Gasteiger partial charge in [-0.2, -0.15) is 0 Å². The predicted molar refractivity (Wildman–Crippen MR) is 256 cm³/mol. The van der Waals surface area contributed by atoms with Crippen LogP contribution in [0, 0.1) is 6.92 Å². The molecule has 0 unspecified atom stereocenters. The SMILES string of the molecule is Cc1ccccc1NC(=O)Nc1ccc(CC(=O)N[C@@H](CCCCNC(=O)CCC(=O)NCCCCCCN(CC(=O)O)Cc2ccccn2)C(=O)N[C@@H](CC(=O)O)c2ccc3c(c2)OCO3)cc1. The van der Waals surface area contributed by atoms with E-state index in [0.717, 1.165) is 36.9 Å². The van der Waals surface area contributed by atoms with Gasteiger partial charge in [0.1, 0.15) is 6.04 Å². The van der Waals surface area contributed by atoms with Gasteiger partial charge in [0.05, 0.1) is 31.1 Å². The number of carboxylic acid groups (broad SMARTS) is 2. The first-order valence-corrected chi connectivity index (χ1v) is 23.1. The molecule has 1 aliphatic heterocycles. The van der Waals surface area contributed by atoms with E-state index in [2.05, 4.69) is 36.9 Å². The first-order chi connectivity index (χ1) is 33.3. The van der Waals surface area contributed by atoms with E-state index in [4.69, 9.17) is 9.47 Å². The number of aromatic nitrogens is 1. The van der Waals surface area contributed by atoms with E-state index in [0.29, 0.717) is 66.5 Å². The van der Waals surface area contributed by atoms with Crippen LogP contribution in [0.5, 0.6) is 11.5 Å². The topological polar surface area (TPSA) is 267 Å². The summed E-state index contributed by atoms with van der Waals surface area (Å²) in [6, 6.07) is 22.0. The number of para-hydroxylation sites is 1. The van der Waals surface area contributed by atoms with E-state index in [1.54, 1.807) is 54.7 Å². The average Bonchev–Trinajstić information content (AvgIpc) is 3.79. The highest BCUT2D eigenvalue weighted by Gasteiger charge is 2.27. The number of amides is 6. The molecule has 0 spiro atoms. The smallest absolute Gasteiger partial charge is 0.323 e. The maximum atomic E-state index is 13.9. The molecule has 19 nitrogen and oxygen atoms in total. The fourth-order valence-electron chi connectivity index (χ4n) is 7.51. The number of fused-ring (bicyclic) bond motifs is 1. The summed E-state index contributed by atoms with van der Waals surface area (Å²) >= 11 is 0. The number of hydrogen-bond acceptors (Lipinski definition) is 11. The minimum atomic E-state index is -1.15. The normalized spacial score (nSPS) is 12.3. The molecule has 8 N–H and O–H groups in total. The number of aliphatic carboxylic acids is 2. The summed E-state index contributed by atoms with van der Waals surface area (Å²) in [5.41, 5.74) is 3.98. The molecule has 0 bridgehead atoms. The molecule has 0 aliphatic carbocycles. The van der Waals surface area contributed by atoms with Crippen LogP contribution in [0.1, 0.15) is 92.6 Å². The van der Waals surface area contributed by atoms with Crippen LogP contribution in [0.3, 0.4) is 0 Å². The van der Waals surface area contributed by atoms with Crippen molar-refractivity contribution >= 4 is 53.0 Å². The van der Waals surface area contributed by atoms with Crippen molar-refractivity contribution in [2.24, 2.45) is 0 Å². The van der Waals surface area contributed by atoms with Crippen molar-refractivity contribution in [3.8, 4) is 11.5 Å². The van der Waals surface area contributed by atoms with Gasteiger partial charge in [-0.3, -0.25) is 38.7 Å². The number of benzene rings is 3. The minimum Gasteiger partial charge on any atom is -0.481 e. The summed E-state index contributed by atoms with van der Waals surface area (Å²) in [6.45, 7) is 3.62. The standard InChI is InChI=1S/C50H62N8O11/c1-34-12-4-5-14-39(34)57-50(67)54-37-19-16-35(17-20-37)28-46(61)55-40(49(66)56-41(30-47(62)63)36-18-21-42-43(29-36)69-33-68-42)15-7-10-26-53-45(60)23-22-44(59)52-25-8-2-3-11-27-58(32-48(64)65)31-38-13-6-9-24-51-38/h4-6,9,12-14,16-21,24,29,40-41H,2-3,7-8,10-11,15,22-23,25-28,30-33H2,1H3,(H,52,59)(H,53,60)(H,55,61)(H,56,66)(H,62,63)(H,64,65)(H2,54,57,67)/t40-,41-/m0/s1. The van der Waals surface area contributed by atoms with Crippen LogP contribution in [0.4, 0.5) is 16.2 Å². The average molecular weight is 951 g/mol. The monoisotopic (exact) mass is 950 g/mol. The lowest BCUT2D eigenvalue weighted by atomic mass is 10.0. The van der Waals surface area contributed by atoms with E-state index in [1.165, 1.54) is 0 Å². The molecule has 69 heavy (non-hydrogen) atoms. The molecule has 19 heteroatoms. The Bertz CT molecular complexity index is 2350. The molecule has 4 aromatic rings. The third-order valence-corrected chi connectivity index (χ3v) is 11.1. The molecule has 0 fully saturated rings. The number of pyridine rings is 1. The van der Waals surface area contributed by atoms with Gasteiger partial charge in [-0.1, -0.05) is 55.3 Å². The second-order valence-corrected chi connectivity index (χ2v) is 16.7. The second-order valence-electron chi connectivity index (χ2n) is 16.7. The Morgan fingerprint density at radius 2 is 1.41 bits per heavy atom. The van der Waals surface area contributed by atoms with E-state index in [1.807, 2.05) is 48.2 Å². The number of carbonyl (C=O) groups excluding carboxylic acids is 5. The summed E-state index contributed by atoms with van der Waals surface area (Å²) in [5, 5.41) is 35.8. The second kappa shape index (κ2) is 27.9. The van der Waals surface area contributed by atoms with E-state index in [9.17, 15) is 43.8 Å². The van der Waals surface area contributed by atoms with Gasteiger partial charge in [-0.25, -0.2) is 4.79 Å². The van der Waals surface area contributed by atoms with Gasteiger partial charge in [-0.15, -0.1) is 0 Å². The molecule has 0 radical (unpaired) electrons. The summed E-state index contributed by atoms with van der Waals surface area (Å²) in [7, 11) is 0. The molecule has 2 heterocycles. The van der Waals surface area contributed by atoms with Crippen molar-refractivity contribution in [2.45, 2.75) is 96.2 Å². The summed E-state index contributed by atoms with van der Waals surface area (Å²) in [5.74, 6) is -2.75. The number of hydrogen-bond donors (Lipinski definition) is 8. The van der Waals surface area contributed by atoms with Crippen molar-refractivity contribution in [3.63, 3.8) is 0 Å². The summed E-state index contributed by atoms with van der Waals surface area (Å²) in [4.78, 5) is 94.2. The van der Waals surface area contributed by atoms with Crippen LogP contribution in [0.25, 0.3) is 0 Å². The molecule has 0 saturated carbocycles. The number of urea groups is 1. The van der Waals surface area contributed by atoms with Crippen LogP contribution >= 0.6 is 0 Å². The Kier molecular flexibility index (Phi) is 21.2. The Balaban J connectivity index is 1.04. The molecule has 5 rings (SSSR count). The Morgan fingerprint density at radius 3 is 2.10 bits per heavy atom. The Labute approximate surface area is 401 Å². The van der Waals surface area contributed by atoms with E-state index < -0.39 is 48.3 Å². The molecular weight excluding hydrogens is 889 g/mol. The lowest BCUT2D eigenvalue weighted by Crippen LogP contribution is -2.48. The van der Waals surface area contributed by atoms with Gasteiger partial charge in [0.15, 0.2) is 11.5 Å². The highest BCUT2D eigenvalue weighted by atomic mass is 16.7. The van der Waals surface area contributed by atoms with Crippen LogP contribution in [0.2, 0.25) is 0 Å². The predicted octanol–water partition coefficient (Wildman–Crippen LogP) is 5.45. The van der Waals surface area contributed by atoms with Crippen LogP contribution in [-0.4, -0.2) is 101 Å². The third-order valence-electron chi connectivity index (χ3n) is 11.1. The molecular formula is C50H62N8O11. The number of carboxylic acids is 2. The van der Waals surface area contributed by atoms with Crippen LogP contribution < -0.4 is 41.4 Å². The molecule has 1 aliphatic rings. The highest BCUT2D eigenvalue weighted by Crippen LogP contribution is 2.35. The number of ether oxygens (including phenoxy) is 2. The van der Waals surface area contributed by atoms with Gasteiger partial charge in [0, 0.05) is 50.0 Å². The van der Waals surface area contributed by atoms with E-state index in [-0.39, 0.29) is 57.4 Å². The van der Waals surface area contributed by atoms with Crippen LogP contribution in [0.15, 0.2) is 91.1 Å². The van der Waals surface area contributed by atoms with Gasteiger partial charge in [0.25, 0.3) is 0 Å². The quantitative estimate of drug-likeness (QED) is 0.0315. The lowest BCUT2D eigenvalue weighted by Gasteiger charge is -2.23. The number of carbonyl (C=O) groups is 7. The summed E-state index contributed by atoms with van der Waals surface area (Å²) in [6.07, 6.45) is 5.44. The molecule has 1 aromatic heterocycles. The zero-order valence-corrected chi connectivity index (χ0v) is 38.8. The molecule has 2 atom stereocenters. The highest BCUT2D eigenvalue weighted by molar-refractivity contribution is 6.00. The number of anilines is 2. The minimum absolute atomic E-state index is 0.00888. The largest absolute Gasteiger partial charge is 0.481 e. The van der Waals surface area contributed by atoms with Crippen molar-refractivity contribution < 1.29 is 53.2 Å². The molecule has 368 valence electrons. The van der Waals surface area contributed by atoms with E-state index >= 15 is 0 Å². The van der Waals surface area contributed by atoms with Gasteiger partial charge in [-0.05, 0) is 105 Å². The van der Waals surface area contributed by atoms with Gasteiger partial charge >= 0.3 is 18.0 Å². The van der Waals surface area contributed by atoms with Crippen molar-refractivity contribution in [1.29, 1.82) is 0 Å². The zero-order valence-electron chi connectivity index (χ0n) is 38.8. The van der Waals surface area contributed by atoms with Gasteiger partial charge in [0.2, 0.25) is 30.4 Å². The fraction of sp³-hybridized carbons (Fsp3) is 0.400. The molecule has 6 amide bonds. The number of aryl methyl sites for hydroxylation is 1. The third kappa shape index (κ3) is 19.3. The maximum absolute atomic E-state index is 13.9. The first-order valence-electron chi connectivity index (χ1n) is 23.1. The fourth-order valence-corrected chi connectivity index (χ4v) is 7.51. The Morgan fingerprint density at radius 1 is 0.710 bits per heavy atom. The Hall–Kier alpha value is -7.54. The van der Waals surface area contributed by atoms with Crippen molar-refractivity contribution in [2.75, 3.05) is 43.6 Å². The zero-order chi connectivity index (χ0) is 49.4. The lowest BCUT2D eigenvalue weighted by molar-refractivity contribution is -0.139. The number of nitrogens with one attached hydrogen (secondary N) is 6. The first kappa shape index (κ1) is 52.4. The van der Waals surface area contributed by atoms with Crippen LogP contribution in [-0.2, 0) is 41.7 Å². The number of rotatable bonds is 29. The molecule has 3 aromatic carbocycles. The van der Waals surface area contributed by atoms with Crippen molar-refractivity contribution in [1.82, 2.24) is 31.2 Å². The molecule has 0 saturated heterocycles. The number of unbranched alkanes of at least 4 members (excludes halogenated alkanes) is 4. The number of nitrogens with zero attached hydrogens (tertiary/aromatic N) is 2. The maximum Gasteiger partial charge on any atom is 0.323 e. The summed E-state index contributed by atoms with van der Waals surface area (Å²) < 4.78 is 10.8. The van der Waals surface area contributed by atoms with Crippen molar-refractivity contribution in [3.05, 3.63) is 114 Å².